The summed E-state index contributed by atoms with van der Waals surface area (Å²) < 4.78 is 0. The quantitative estimate of drug-likeness (QED) is 0.868. The third-order valence-corrected chi connectivity index (χ3v) is 3.05. The van der Waals surface area contributed by atoms with Crippen LogP contribution in [-0.2, 0) is 0 Å². The van der Waals surface area contributed by atoms with Crippen molar-refractivity contribution >= 4 is 11.9 Å². The van der Waals surface area contributed by atoms with Gasteiger partial charge < -0.3 is 10.6 Å². The van der Waals surface area contributed by atoms with Crippen molar-refractivity contribution in [3.63, 3.8) is 0 Å². The molecule has 0 aromatic carbocycles. The molecule has 1 atom stereocenters. The van der Waals surface area contributed by atoms with Gasteiger partial charge in [0.2, 0.25) is 0 Å². The molecule has 3 nitrogen and oxygen atoms in total. The average molecular weight is 231 g/mol. The van der Waals surface area contributed by atoms with Crippen molar-refractivity contribution in [1.82, 2.24) is 4.98 Å². The van der Waals surface area contributed by atoms with E-state index >= 15 is 0 Å². The van der Waals surface area contributed by atoms with E-state index in [9.17, 15) is 0 Å². The number of nitrogens with two attached hydrogens (primary N) is 1. The van der Waals surface area contributed by atoms with Gasteiger partial charge in [0.1, 0.15) is 5.82 Å². The van der Waals surface area contributed by atoms with E-state index in [4.69, 9.17) is 5.73 Å². The molecule has 1 aliphatic rings. The fourth-order valence-corrected chi connectivity index (χ4v) is 2.16. The van der Waals surface area contributed by atoms with Gasteiger partial charge in [-0.1, -0.05) is 12.2 Å². The van der Waals surface area contributed by atoms with Gasteiger partial charge in [0.05, 0.1) is 0 Å². The summed E-state index contributed by atoms with van der Waals surface area (Å²) in [6, 6.07) is 4.17. The molecule has 2 heterocycles. The van der Waals surface area contributed by atoms with Crippen LogP contribution in [0, 0.1) is 0 Å². The molecule has 1 unspecified atom stereocenters. The minimum atomic E-state index is 0.0874. The van der Waals surface area contributed by atoms with Gasteiger partial charge >= 0.3 is 0 Å². The Morgan fingerprint density at radius 2 is 2.12 bits per heavy atom. The maximum atomic E-state index is 5.75. The molecule has 2 rings (SSSR count). The molecule has 1 saturated heterocycles. The molecule has 1 aliphatic heterocycles. The van der Waals surface area contributed by atoms with Gasteiger partial charge in [0, 0.05) is 30.9 Å². The monoisotopic (exact) mass is 231 g/mol. The van der Waals surface area contributed by atoms with E-state index in [2.05, 4.69) is 22.0 Å². The van der Waals surface area contributed by atoms with E-state index < -0.39 is 0 Å². The lowest BCUT2D eigenvalue weighted by molar-refractivity contribution is 0.573. The number of pyridine rings is 1. The first kappa shape index (κ1) is 12.1. The zero-order valence-electron chi connectivity index (χ0n) is 10.5. The van der Waals surface area contributed by atoms with Crippen LogP contribution in [0.3, 0.4) is 0 Å². The zero-order valence-corrected chi connectivity index (χ0v) is 10.5. The minimum Gasteiger partial charge on any atom is -0.356 e. The van der Waals surface area contributed by atoms with Crippen molar-refractivity contribution in [3.8, 4) is 0 Å². The topological polar surface area (TPSA) is 42.1 Å². The molecule has 0 amide bonds. The van der Waals surface area contributed by atoms with E-state index in [-0.39, 0.29) is 6.04 Å². The molecule has 0 bridgehead atoms. The highest BCUT2D eigenvalue weighted by molar-refractivity contribution is 5.64. The maximum Gasteiger partial charge on any atom is 0.135 e. The summed E-state index contributed by atoms with van der Waals surface area (Å²) in [5, 5.41) is 0. The lowest BCUT2D eigenvalue weighted by Crippen LogP contribution is -2.30. The van der Waals surface area contributed by atoms with Gasteiger partial charge in [0.15, 0.2) is 0 Å². The van der Waals surface area contributed by atoms with Gasteiger partial charge in [-0.2, -0.15) is 0 Å². The zero-order chi connectivity index (χ0) is 12.1. The fourth-order valence-electron chi connectivity index (χ4n) is 2.16. The van der Waals surface area contributed by atoms with E-state index in [0.29, 0.717) is 0 Å². The van der Waals surface area contributed by atoms with Crippen molar-refractivity contribution in [3.05, 3.63) is 30.0 Å². The largest absolute Gasteiger partial charge is 0.356 e. The Balaban J connectivity index is 2.20. The fraction of sp³-hybridized carbons (Fsp3) is 0.500. The van der Waals surface area contributed by atoms with Gasteiger partial charge in [-0.25, -0.2) is 4.98 Å². The lowest BCUT2D eigenvalue weighted by atomic mass is 10.1. The molecule has 0 saturated carbocycles. The van der Waals surface area contributed by atoms with Crippen molar-refractivity contribution in [2.45, 2.75) is 32.2 Å². The highest BCUT2D eigenvalue weighted by atomic mass is 15.2. The third kappa shape index (κ3) is 3.30. The Hall–Kier alpha value is -1.35. The number of rotatable bonds is 3. The van der Waals surface area contributed by atoms with Gasteiger partial charge in [-0.3, -0.25) is 0 Å². The molecule has 1 fully saturated rings. The molecular formula is C14H21N3. The summed E-state index contributed by atoms with van der Waals surface area (Å²) in [4.78, 5) is 6.89. The van der Waals surface area contributed by atoms with Crippen LogP contribution in [0.15, 0.2) is 24.4 Å². The maximum absolute atomic E-state index is 5.75. The Labute approximate surface area is 103 Å². The second-order valence-electron chi connectivity index (χ2n) is 4.68. The predicted molar refractivity (Wildman–Crippen MR) is 73.0 cm³/mol. The molecule has 92 valence electrons. The van der Waals surface area contributed by atoms with E-state index in [1.165, 1.54) is 24.8 Å². The van der Waals surface area contributed by atoms with Crippen molar-refractivity contribution in [2.24, 2.45) is 5.73 Å². The number of anilines is 1. The first-order valence-electron chi connectivity index (χ1n) is 6.41. The first-order chi connectivity index (χ1) is 8.27. The van der Waals surface area contributed by atoms with Crippen LogP contribution in [0.25, 0.3) is 6.08 Å². The Bertz CT molecular complexity index is 379. The molecule has 0 spiro atoms. The van der Waals surface area contributed by atoms with Crippen LogP contribution in [0.5, 0.6) is 0 Å². The van der Waals surface area contributed by atoms with Gasteiger partial charge in [-0.15, -0.1) is 0 Å². The number of piperidine rings is 1. The Kier molecular flexibility index (Phi) is 4.15. The van der Waals surface area contributed by atoms with Crippen LogP contribution >= 0.6 is 0 Å². The summed E-state index contributed by atoms with van der Waals surface area (Å²) >= 11 is 0. The molecule has 1 aromatic rings. The van der Waals surface area contributed by atoms with E-state index in [1.807, 2.05) is 25.3 Å². The third-order valence-electron chi connectivity index (χ3n) is 3.05. The van der Waals surface area contributed by atoms with Crippen molar-refractivity contribution in [1.29, 1.82) is 0 Å². The standard InChI is InChI=1S/C14H21N3/c1-12(15)7-8-13-6-5-9-16-14(13)17-10-3-2-4-11-17/h5-9,12H,2-4,10-11,15H2,1H3/b8-7+. The molecule has 2 N–H and O–H groups in total. The van der Waals surface area contributed by atoms with Crippen LogP contribution in [0.1, 0.15) is 31.7 Å². The minimum absolute atomic E-state index is 0.0874. The van der Waals surface area contributed by atoms with Crippen molar-refractivity contribution in [2.75, 3.05) is 18.0 Å². The summed E-state index contributed by atoms with van der Waals surface area (Å²) in [5.74, 6) is 1.10. The first-order valence-corrected chi connectivity index (χ1v) is 6.41. The van der Waals surface area contributed by atoms with Gasteiger partial charge in [-0.05, 0) is 38.3 Å². The highest BCUT2D eigenvalue weighted by Gasteiger charge is 2.14. The molecule has 1 aromatic heterocycles. The van der Waals surface area contributed by atoms with Crippen LogP contribution in [-0.4, -0.2) is 24.1 Å². The average Bonchev–Trinajstić information content (AvgIpc) is 2.38. The predicted octanol–water partition coefficient (Wildman–Crippen LogP) is 2.43. The molecule has 0 aliphatic carbocycles. The highest BCUT2D eigenvalue weighted by Crippen LogP contribution is 2.22. The number of nitrogens with zero attached hydrogens (tertiary/aromatic N) is 2. The lowest BCUT2D eigenvalue weighted by Gasteiger charge is -2.28. The van der Waals surface area contributed by atoms with Crippen molar-refractivity contribution < 1.29 is 0 Å². The molecule has 17 heavy (non-hydrogen) atoms. The van der Waals surface area contributed by atoms with Gasteiger partial charge in [0.25, 0.3) is 0 Å². The summed E-state index contributed by atoms with van der Waals surface area (Å²) in [5.41, 5.74) is 6.92. The second kappa shape index (κ2) is 5.82. The molecular weight excluding hydrogens is 210 g/mol. The number of aromatic nitrogens is 1. The van der Waals surface area contributed by atoms with Crippen LogP contribution in [0.4, 0.5) is 5.82 Å². The van der Waals surface area contributed by atoms with E-state index in [1.54, 1.807) is 0 Å². The van der Waals surface area contributed by atoms with Crippen LogP contribution < -0.4 is 10.6 Å². The number of hydrogen-bond acceptors (Lipinski definition) is 3. The smallest absolute Gasteiger partial charge is 0.135 e. The summed E-state index contributed by atoms with van der Waals surface area (Å²) in [7, 11) is 0. The summed E-state index contributed by atoms with van der Waals surface area (Å²) in [6.45, 7) is 4.22. The normalized spacial score (nSPS) is 18.6. The Morgan fingerprint density at radius 3 is 2.82 bits per heavy atom. The van der Waals surface area contributed by atoms with Crippen LogP contribution in [0.2, 0.25) is 0 Å². The summed E-state index contributed by atoms with van der Waals surface area (Å²) in [6.07, 6.45) is 9.85. The second-order valence-corrected chi connectivity index (χ2v) is 4.68. The Morgan fingerprint density at radius 1 is 1.35 bits per heavy atom. The van der Waals surface area contributed by atoms with E-state index in [0.717, 1.165) is 18.9 Å². The molecule has 3 heteroatoms. The number of hydrogen-bond donors (Lipinski definition) is 1. The SMILES string of the molecule is CC(N)/C=C/c1cccnc1N1CCCCC1. The molecule has 0 radical (unpaired) electrons.